The molecule has 0 aromatic carbocycles. The second-order valence-electron chi connectivity index (χ2n) is 4.62. The topological polar surface area (TPSA) is 66.7 Å². The molecule has 1 aliphatic heterocycles. The normalized spacial score (nSPS) is 21.4. The molecule has 9 heteroatoms. The molecule has 1 fully saturated rings. The van der Waals surface area contributed by atoms with E-state index in [0.717, 1.165) is 5.75 Å². The number of thioether (sulfide) groups is 1. The lowest BCUT2D eigenvalue weighted by molar-refractivity contribution is 0.422. The van der Waals surface area contributed by atoms with Crippen molar-refractivity contribution >= 4 is 43.9 Å². The van der Waals surface area contributed by atoms with Gasteiger partial charge in [-0.15, -0.1) is 11.3 Å². The lowest BCUT2D eigenvalue weighted by atomic mass is 10.4. The fourth-order valence-corrected chi connectivity index (χ4v) is 6.08. The summed E-state index contributed by atoms with van der Waals surface area (Å²) >= 11 is 3.23. The molecule has 1 atom stereocenters. The molecule has 0 aliphatic carbocycles. The Morgan fingerprint density at radius 1 is 1.50 bits per heavy atom. The van der Waals surface area contributed by atoms with Crippen LogP contribution in [0.25, 0.3) is 4.96 Å². The lowest BCUT2D eigenvalue weighted by Crippen LogP contribution is -2.41. The van der Waals surface area contributed by atoms with Gasteiger partial charge >= 0.3 is 0 Å². The Bertz CT molecular complexity index is 721. The molecule has 0 spiro atoms. The fourth-order valence-electron chi connectivity index (χ4n) is 2.30. The predicted octanol–water partition coefficient (Wildman–Crippen LogP) is 1.56. The molecule has 0 amide bonds. The number of nitrogens with zero attached hydrogens (tertiary/aromatic N) is 3. The van der Waals surface area contributed by atoms with Gasteiger partial charge in [0, 0.05) is 42.7 Å². The monoisotopic (exact) mass is 332 g/mol. The summed E-state index contributed by atoms with van der Waals surface area (Å²) in [6.07, 6.45) is 1.75. The molecule has 0 radical (unpaired) electrons. The van der Waals surface area contributed by atoms with Crippen LogP contribution in [0.3, 0.4) is 0 Å². The summed E-state index contributed by atoms with van der Waals surface area (Å²) in [5, 5.41) is 5.30. The summed E-state index contributed by atoms with van der Waals surface area (Å²) in [5.74, 6) is 1.25. The van der Waals surface area contributed by atoms with Crippen molar-refractivity contribution in [1.82, 2.24) is 13.7 Å². The highest BCUT2D eigenvalue weighted by Crippen LogP contribution is 2.30. The van der Waals surface area contributed by atoms with Crippen molar-refractivity contribution in [2.45, 2.75) is 17.2 Å². The van der Waals surface area contributed by atoms with Gasteiger partial charge in [0.2, 0.25) is 0 Å². The van der Waals surface area contributed by atoms with Gasteiger partial charge in [0.25, 0.3) is 10.0 Å². The quantitative estimate of drug-likeness (QED) is 0.924. The number of hydrogen-bond donors (Lipinski definition) is 1. The van der Waals surface area contributed by atoms with E-state index in [9.17, 15) is 8.42 Å². The van der Waals surface area contributed by atoms with Crippen molar-refractivity contribution in [2.24, 2.45) is 0 Å². The third kappa shape index (κ3) is 2.22. The molecule has 20 heavy (non-hydrogen) atoms. The SMILES string of the molecule is CNc1nc2sccn2c1S(=O)(=O)N1CCSC(C)C1. The number of aromatic nitrogens is 2. The molecular weight excluding hydrogens is 316 g/mol. The van der Waals surface area contributed by atoms with Gasteiger partial charge in [-0.25, -0.2) is 13.4 Å². The van der Waals surface area contributed by atoms with E-state index in [4.69, 9.17) is 0 Å². The molecule has 1 N–H and O–H groups in total. The van der Waals surface area contributed by atoms with Crippen molar-refractivity contribution in [3.8, 4) is 0 Å². The highest BCUT2D eigenvalue weighted by molar-refractivity contribution is 8.00. The zero-order valence-corrected chi connectivity index (χ0v) is 13.7. The number of anilines is 1. The minimum atomic E-state index is -3.53. The summed E-state index contributed by atoms with van der Waals surface area (Å²) in [6.45, 7) is 3.16. The van der Waals surface area contributed by atoms with Crippen molar-refractivity contribution in [3.05, 3.63) is 11.6 Å². The van der Waals surface area contributed by atoms with Crippen LogP contribution >= 0.6 is 23.1 Å². The molecule has 0 bridgehead atoms. The van der Waals surface area contributed by atoms with Crippen LogP contribution in [0.1, 0.15) is 6.92 Å². The van der Waals surface area contributed by atoms with Gasteiger partial charge in [0.1, 0.15) is 0 Å². The Balaban J connectivity index is 2.10. The first-order valence-corrected chi connectivity index (χ1v) is 9.66. The Morgan fingerprint density at radius 3 is 3.00 bits per heavy atom. The van der Waals surface area contributed by atoms with Gasteiger partial charge in [0.05, 0.1) is 0 Å². The molecule has 1 unspecified atom stereocenters. The zero-order valence-electron chi connectivity index (χ0n) is 11.2. The Labute approximate surface area is 126 Å². The van der Waals surface area contributed by atoms with Gasteiger partial charge in [-0.3, -0.25) is 4.40 Å². The van der Waals surface area contributed by atoms with Crippen molar-refractivity contribution in [2.75, 3.05) is 31.2 Å². The minimum Gasteiger partial charge on any atom is -0.371 e. The number of imidazole rings is 1. The van der Waals surface area contributed by atoms with Crippen LogP contribution in [-0.2, 0) is 10.0 Å². The third-order valence-corrected chi connectivity index (χ3v) is 7.03. The van der Waals surface area contributed by atoms with Gasteiger partial charge in [-0.05, 0) is 0 Å². The Hall–Kier alpha value is -0.770. The van der Waals surface area contributed by atoms with E-state index in [1.54, 1.807) is 22.0 Å². The molecule has 110 valence electrons. The molecule has 0 saturated carbocycles. The van der Waals surface area contributed by atoms with Crippen LogP contribution in [0.4, 0.5) is 5.82 Å². The summed E-state index contributed by atoms with van der Waals surface area (Å²) in [6, 6.07) is 0. The van der Waals surface area contributed by atoms with Gasteiger partial charge in [-0.2, -0.15) is 16.1 Å². The van der Waals surface area contributed by atoms with Crippen LogP contribution in [0, 0.1) is 0 Å². The average molecular weight is 332 g/mol. The van der Waals surface area contributed by atoms with E-state index in [1.807, 2.05) is 17.1 Å². The number of rotatable bonds is 3. The van der Waals surface area contributed by atoms with Crippen molar-refractivity contribution < 1.29 is 8.42 Å². The van der Waals surface area contributed by atoms with E-state index < -0.39 is 10.0 Å². The maximum atomic E-state index is 12.9. The van der Waals surface area contributed by atoms with Crippen LogP contribution in [0.15, 0.2) is 16.6 Å². The van der Waals surface area contributed by atoms with E-state index in [2.05, 4.69) is 17.2 Å². The highest BCUT2D eigenvalue weighted by atomic mass is 32.2. The Kier molecular flexibility index (Phi) is 3.69. The minimum absolute atomic E-state index is 0.246. The van der Waals surface area contributed by atoms with Crippen LogP contribution in [0.5, 0.6) is 0 Å². The molecule has 1 saturated heterocycles. The summed E-state index contributed by atoms with van der Waals surface area (Å²) < 4.78 is 29.0. The largest absolute Gasteiger partial charge is 0.371 e. The fraction of sp³-hybridized carbons (Fsp3) is 0.545. The standard InChI is InChI=1S/C11H16N4O2S3/c1-8-7-14(3-5-18-8)20(16,17)10-9(12-2)13-11-15(10)4-6-19-11/h4,6,8,12H,3,5,7H2,1-2H3. The first-order valence-electron chi connectivity index (χ1n) is 6.29. The number of sulfonamides is 1. The predicted molar refractivity (Wildman–Crippen MR) is 83.3 cm³/mol. The molecule has 3 rings (SSSR count). The second kappa shape index (κ2) is 5.21. The number of hydrogen-bond acceptors (Lipinski definition) is 6. The summed E-state index contributed by atoms with van der Waals surface area (Å²) in [7, 11) is -1.83. The number of fused-ring (bicyclic) bond motifs is 1. The van der Waals surface area contributed by atoms with Gasteiger partial charge in [-0.1, -0.05) is 6.92 Å². The molecule has 6 nitrogen and oxygen atoms in total. The maximum absolute atomic E-state index is 12.9. The number of nitrogens with one attached hydrogen (secondary N) is 1. The van der Waals surface area contributed by atoms with Crippen LogP contribution < -0.4 is 5.32 Å². The van der Waals surface area contributed by atoms with E-state index >= 15 is 0 Å². The summed E-state index contributed by atoms with van der Waals surface area (Å²) in [5.41, 5.74) is 0. The Morgan fingerprint density at radius 2 is 2.30 bits per heavy atom. The first kappa shape index (κ1) is 14.2. The first-order chi connectivity index (χ1) is 9.54. The lowest BCUT2D eigenvalue weighted by Gasteiger charge is -2.29. The van der Waals surface area contributed by atoms with Crippen molar-refractivity contribution in [3.63, 3.8) is 0 Å². The third-order valence-electron chi connectivity index (χ3n) is 3.24. The van der Waals surface area contributed by atoms with Crippen LogP contribution in [-0.4, -0.2) is 53.2 Å². The molecule has 2 aromatic heterocycles. The average Bonchev–Trinajstić information content (AvgIpc) is 2.97. The van der Waals surface area contributed by atoms with Crippen LogP contribution in [0.2, 0.25) is 0 Å². The molecule has 1 aliphatic rings. The molecular formula is C11H16N4O2S3. The molecule has 2 aromatic rings. The number of thiazole rings is 1. The zero-order chi connectivity index (χ0) is 14.3. The molecule has 3 heterocycles. The maximum Gasteiger partial charge on any atom is 0.262 e. The smallest absolute Gasteiger partial charge is 0.262 e. The van der Waals surface area contributed by atoms with Gasteiger partial charge < -0.3 is 5.32 Å². The highest BCUT2D eigenvalue weighted by Gasteiger charge is 2.34. The van der Waals surface area contributed by atoms with E-state index in [1.165, 1.54) is 11.3 Å². The second-order valence-corrected chi connectivity index (χ2v) is 8.89. The van der Waals surface area contributed by atoms with Gasteiger partial charge in [0.15, 0.2) is 15.8 Å². The summed E-state index contributed by atoms with van der Waals surface area (Å²) in [4.78, 5) is 5.02. The van der Waals surface area contributed by atoms with E-state index in [-0.39, 0.29) is 5.03 Å². The van der Waals surface area contributed by atoms with Crippen molar-refractivity contribution in [1.29, 1.82) is 0 Å². The van der Waals surface area contributed by atoms with E-state index in [0.29, 0.717) is 29.1 Å².